The van der Waals surface area contributed by atoms with Crippen LogP contribution in [0.4, 0.5) is 5.69 Å². The van der Waals surface area contributed by atoms with Gasteiger partial charge in [0.2, 0.25) is 5.91 Å². The van der Waals surface area contributed by atoms with E-state index in [0.29, 0.717) is 30.7 Å². The Bertz CT molecular complexity index is 1010. The van der Waals surface area contributed by atoms with E-state index in [-0.39, 0.29) is 23.7 Å². The highest BCUT2D eigenvalue weighted by molar-refractivity contribution is 5.97. The average Bonchev–Trinajstić information content (AvgIpc) is 3.44. The molecule has 2 N–H and O–H groups in total. The third-order valence-electron chi connectivity index (χ3n) is 5.95. The summed E-state index contributed by atoms with van der Waals surface area (Å²) in [5, 5.41) is 21.1. The smallest absolute Gasteiger partial charge is 0.303 e. The van der Waals surface area contributed by atoms with Crippen molar-refractivity contribution < 1.29 is 19.4 Å². The molecule has 1 heterocycles. The number of para-hydroxylation sites is 1. The van der Waals surface area contributed by atoms with Gasteiger partial charge in [0.1, 0.15) is 5.75 Å². The van der Waals surface area contributed by atoms with Gasteiger partial charge in [-0.25, -0.2) is 0 Å². The van der Waals surface area contributed by atoms with Crippen LogP contribution in [0.2, 0.25) is 0 Å². The standard InChI is InChI=1S/C23H22N2O4/c24-14-15-8-9-16(4-3-7-21(26)27)19(12-15)25-22(28)18-13-23(18)10-11-29-20-6-2-1-5-17(20)23/h1-2,5-6,8-9,12,18H,3-4,7,10-11,13H2,(H,25,28)(H,26,27)/t18-,23-/m0/s1. The number of fused-ring (bicyclic) bond motifs is 2. The molecular weight excluding hydrogens is 368 g/mol. The van der Waals surface area contributed by atoms with Gasteiger partial charge in [-0.3, -0.25) is 9.59 Å². The van der Waals surface area contributed by atoms with Crippen LogP contribution in [0.25, 0.3) is 0 Å². The van der Waals surface area contributed by atoms with Crippen LogP contribution < -0.4 is 10.1 Å². The molecule has 6 nitrogen and oxygen atoms in total. The van der Waals surface area contributed by atoms with Crippen LogP contribution in [-0.4, -0.2) is 23.6 Å². The lowest BCUT2D eigenvalue weighted by molar-refractivity contribution is -0.137. The molecule has 148 valence electrons. The largest absolute Gasteiger partial charge is 0.493 e. The van der Waals surface area contributed by atoms with E-state index in [1.807, 2.05) is 24.3 Å². The second-order valence-corrected chi connectivity index (χ2v) is 7.73. The Morgan fingerprint density at radius 3 is 2.90 bits per heavy atom. The molecular formula is C23H22N2O4. The first-order valence-electron chi connectivity index (χ1n) is 9.81. The van der Waals surface area contributed by atoms with Crippen LogP contribution in [-0.2, 0) is 21.4 Å². The number of benzene rings is 2. The molecule has 2 aromatic rings. The topological polar surface area (TPSA) is 99.4 Å². The summed E-state index contributed by atoms with van der Waals surface area (Å²) in [6.45, 7) is 0.602. The first-order chi connectivity index (χ1) is 14.0. The van der Waals surface area contributed by atoms with Crippen molar-refractivity contribution in [3.8, 4) is 11.8 Å². The lowest BCUT2D eigenvalue weighted by Gasteiger charge is -2.26. The summed E-state index contributed by atoms with van der Waals surface area (Å²) in [5.41, 5.74) is 2.83. The SMILES string of the molecule is N#Cc1ccc(CCCC(=O)O)c(NC(=O)[C@@H]2C[C@]23CCOc2ccccc23)c1. The zero-order valence-corrected chi connectivity index (χ0v) is 16.0. The number of ether oxygens (including phenoxy) is 1. The maximum Gasteiger partial charge on any atom is 0.303 e. The maximum absolute atomic E-state index is 13.1. The van der Waals surface area contributed by atoms with Crippen LogP contribution in [0.5, 0.6) is 5.75 Å². The number of carboxylic acids is 1. The van der Waals surface area contributed by atoms with Crippen LogP contribution in [0.15, 0.2) is 42.5 Å². The van der Waals surface area contributed by atoms with Crippen LogP contribution in [0, 0.1) is 17.2 Å². The number of carboxylic acid groups (broad SMARTS) is 1. The molecule has 1 spiro atoms. The minimum absolute atomic E-state index is 0.0590. The van der Waals surface area contributed by atoms with Gasteiger partial charge in [0, 0.05) is 29.0 Å². The quantitative estimate of drug-likeness (QED) is 0.784. The van der Waals surface area contributed by atoms with Crippen molar-refractivity contribution >= 4 is 17.6 Å². The number of nitrogens with zero attached hydrogens (tertiary/aromatic N) is 1. The highest BCUT2D eigenvalue weighted by atomic mass is 16.5. The van der Waals surface area contributed by atoms with E-state index in [0.717, 1.165) is 29.7 Å². The van der Waals surface area contributed by atoms with Crippen LogP contribution in [0.3, 0.4) is 0 Å². The van der Waals surface area contributed by atoms with Gasteiger partial charge in [-0.2, -0.15) is 5.26 Å². The van der Waals surface area contributed by atoms with Gasteiger partial charge in [0.25, 0.3) is 0 Å². The number of amides is 1. The summed E-state index contributed by atoms with van der Waals surface area (Å²) in [4.78, 5) is 23.9. The molecule has 1 saturated carbocycles. The van der Waals surface area contributed by atoms with E-state index in [9.17, 15) is 14.9 Å². The Labute approximate surface area is 169 Å². The monoisotopic (exact) mass is 390 g/mol. The number of carbonyl (C=O) groups is 2. The number of carbonyl (C=O) groups excluding carboxylic acids is 1. The number of rotatable bonds is 6. The maximum atomic E-state index is 13.1. The van der Waals surface area contributed by atoms with Crippen LogP contribution in [0.1, 0.15) is 42.4 Å². The van der Waals surface area contributed by atoms with E-state index in [1.165, 1.54) is 0 Å². The molecule has 0 radical (unpaired) electrons. The van der Waals surface area contributed by atoms with E-state index >= 15 is 0 Å². The third-order valence-corrected chi connectivity index (χ3v) is 5.95. The van der Waals surface area contributed by atoms with Gasteiger partial charge in [-0.1, -0.05) is 24.3 Å². The van der Waals surface area contributed by atoms with Gasteiger partial charge in [-0.05, 0) is 49.4 Å². The molecule has 0 saturated heterocycles. The molecule has 1 amide bonds. The minimum atomic E-state index is -0.845. The Hall–Kier alpha value is -3.33. The number of hydrogen-bond donors (Lipinski definition) is 2. The first kappa shape index (κ1) is 19.0. The number of anilines is 1. The number of nitriles is 1. The summed E-state index contributed by atoms with van der Waals surface area (Å²) in [6.07, 6.45) is 2.66. The van der Waals surface area contributed by atoms with Crippen molar-refractivity contribution in [1.82, 2.24) is 0 Å². The number of aryl methyl sites for hydroxylation is 1. The summed E-state index contributed by atoms with van der Waals surface area (Å²) >= 11 is 0. The van der Waals surface area contributed by atoms with E-state index < -0.39 is 5.97 Å². The van der Waals surface area contributed by atoms with Gasteiger partial charge in [0.05, 0.1) is 18.2 Å². The molecule has 29 heavy (non-hydrogen) atoms. The van der Waals surface area contributed by atoms with Gasteiger partial charge in [-0.15, -0.1) is 0 Å². The van der Waals surface area contributed by atoms with Crippen molar-refractivity contribution in [1.29, 1.82) is 5.26 Å². The minimum Gasteiger partial charge on any atom is -0.493 e. The molecule has 0 bridgehead atoms. The Balaban J connectivity index is 1.52. The zero-order valence-electron chi connectivity index (χ0n) is 16.0. The van der Waals surface area contributed by atoms with E-state index in [2.05, 4.69) is 11.4 Å². The third kappa shape index (κ3) is 3.68. The van der Waals surface area contributed by atoms with Gasteiger partial charge < -0.3 is 15.2 Å². The number of hydrogen-bond acceptors (Lipinski definition) is 4. The molecule has 2 aromatic carbocycles. The zero-order chi connectivity index (χ0) is 20.4. The lowest BCUT2D eigenvalue weighted by atomic mass is 9.87. The summed E-state index contributed by atoms with van der Waals surface area (Å²) in [5.74, 6) is -0.182. The molecule has 2 aliphatic rings. The van der Waals surface area contributed by atoms with Crippen molar-refractivity contribution in [3.63, 3.8) is 0 Å². The molecule has 0 unspecified atom stereocenters. The van der Waals surface area contributed by atoms with Crippen molar-refractivity contribution in [2.45, 2.75) is 37.5 Å². The van der Waals surface area contributed by atoms with Crippen LogP contribution >= 0.6 is 0 Å². The second-order valence-electron chi connectivity index (χ2n) is 7.73. The molecule has 0 aromatic heterocycles. The fourth-order valence-corrected chi connectivity index (χ4v) is 4.33. The predicted octanol–water partition coefficient (Wildman–Crippen LogP) is 3.64. The predicted molar refractivity (Wildman–Crippen MR) is 107 cm³/mol. The first-order valence-corrected chi connectivity index (χ1v) is 9.81. The summed E-state index contributed by atoms with van der Waals surface area (Å²) < 4.78 is 5.74. The highest BCUT2D eigenvalue weighted by Gasteiger charge is 2.61. The highest BCUT2D eigenvalue weighted by Crippen LogP contribution is 2.60. The number of nitrogens with one attached hydrogen (secondary N) is 1. The Morgan fingerprint density at radius 2 is 2.10 bits per heavy atom. The molecule has 4 rings (SSSR count). The fourth-order valence-electron chi connectivity index (χ4n) is 4.33. The average molecular weight is 390 g/mol. The van der Waals surface area contributed by atoms with Gasteiger partial charge in [0.15, 0.2) is 0 Å². The van der Waals surface area contributed by atoms with Gasteiger partial charge >= 0.3 is 5.97 Å². The van der Waals surface area contributed by atoms with Crippen molar-refractivity contribution in [3.05, 3.63) is 59.2 Å². The summed E-state index contributed by atoms with van der Waals surface area (Å²) in [7, 11) is 0. The second kappa shape index (κ2) is 7.59. The Kier molecular flexibility index (Phi) is 4.98. The molecule has 1 aliphatic carbocycles. The van der Waals surface area contributed by atoms with E-state index in [1.54, 1.807) is 18.2 Å². The van der Waals surface area contributed by atoms with E-state index in [4.69, 9.17) is 9.84 Å². The Morgan fingerprint density at radius 1 is 1.28 bits per heavy atom. The molecule has 1 fully saturated rings. The normalized spacial score (nSPS) is 21.6. The van der Waals surface area contributed by atoms with Crippen molar-refractivity contribution in [2.75, 3.05) is 11.9 Å². The summed E-state index contributed by atoms with van der Waals surface area (Å²) in [6, 6.07) is 15.1. The lowest BCUT2D eigenvalue weighted by Crippen LogP contribution is -2.26. The molecule has 1 aliphatic heterocycles. The molecule has 6 heteroatoms. The fraction of sp³-hybridized carbons (Fsp3) is 0.348. The van der Waals surface area contributed by atoms with Crippen molar-refractivity contribution in [2.24, 2.45) is 5.92 Å². The molecule has 2 atom stereocenters. The number of aliphatic carboxylic acids is 1.